The molecule has 0 spiro atoms. The Kier molecular flexibility index (Phi) is 4.63. The summed E-state index contributed by atoms with van der Waals surface area (Å²) in [7, 11) is 0. The third kappa shape index (κ3) is 3.38. The molecule has 2 rings (SSSR count). The van der Waals surface area contributed by atoms with Gasteiger partial charge in [0.15, 0.2) is 0 Å². The summed E-state index contributed by atoms with van der Waals surface area (Å²) in [5.41, 5.74) is 6.52. The minimum Gasteiger partial charge on any atom is -0.409 e. The molecular weight excluding hydrogens is 306 g/mol. The molecular formula is C14H16BrN3O. The van der Waals surface area contributed by atoms with Gasteiger partial charge in [0, 0.05) is 28.5 Å². The van der Waals surface area contributed by atoms with Crippen LogP contribution in [0.1, 0.15) is 12.8 Å². The van der Waals surface area contributed by atoms with Crippen molar-refractivity contribution in [1.29, 1.82) is 0 Å². The molecule has 0 aromatic heterocycles. The Morgan fingerprint density at radius 1 is 1.21 bits per heavy atom. The topological polar surface area (TPSA) is 70.6 Å². The minimum absolute atomic E-state index is 0.266. The molecule has 2 aromatic carbocycles. The third-order valence-corrected chi connectivity index (χ3v) is 3.62. The first-order valence-electron chi connectivity index (χ1n) is 6.10. The molecule has 0 unspecified atom stereocenters. The number of halogens is 1. The van der Waals surface area contributed by atoms with E-state index in [9.17, 15) is 0 Å². The average molecular weight is 322 g/mol. The SMILES string of the molecule is N/C(CCCNc1ccc(Br)c2ccccc12)=N/O. The minimum atomic E-state index is 0.266. The van der Waals surface area contributed by atoms with Crippen LogP contribution in [0.25, 0.3) is 10.8 Å². The molecule has 19 heavy (non-hydrogen) atoms. The molecule has 0 atom stereocenters. The molecule has 0 aliphatic carbocycles. The summed E-state index contributed by atoms with van der Waals surface area (Å²) in [5.74, 6) is 0.266. The number of nitrogens with two attached hydrogens (primary N) is 1. The Bertz CT molecular complexity index is 598. The molecule has 4 N–H and O–H groups in total. The highest BCUT2D eigenvalue weighted by molar-refractivity contribution is 9.10. The maximum absolute atomic E-state index is 8.46. The summed E-state index contributed by atoms with van der Waals surface area (Å²) in [6.07, 6.45) is 1.40. The fourth-order valence-electron chi connectivity index (χ4n) is 1.96. The van der Waals surface area contributed by atoms with Gasteiger partial charge in [-0.1, -0.05) is 45.4 Å². The van der Waals surface area contributed by atoms with Crippen molar-refractivity contribution in [3.63, 3.8) is 0 Å². The lowest BCUT2D eigenvalue weighted by Gasteiger charge is -2.10. The number of rotatable bonds is 5. The van der Waals surface area contributed by atoms with Crippen molar-refractivity contribution in [2.45, 2.75) is 12.8 Å². The fraction of sp³-hybridized carbons (Fsp3) is 0.214. The number of anilines is 1. The summed E-state index contributed by atoms with van der Waals surface area (Å²) >= 11 is 3.55. The third-order valence-electron chi connectivity index (χ3n) is 2.92. The predicted octanol–water partition coefficient (Wildman–Crippen LogP) is 3.54. The number of oxime groups is 1. The Hall–Kier alpha value is -1.75. The number of hydrogen-bond acceptors (Lipinski definition) is 3. The Morgan fingerprint density at radius 3 is 2.68 bits per heavy atom. The number of benzene rings is 2. The first-order chi connectivity index (χ1) is 9.22. The van der Waals surface area contributed by atoms with Crippen molar-refractivity contribution in [2.75, 3.05) is 11.9 Å². The molecule has 5 heteroatoms. The number of fused-ring (bicyclic) bond motifs is 1. The molecule has 0 heterocycles. The van der Waals surface area contributed by atoms with Gasteiger partial charge in [-0.15, -0.1) is 0 Å². The average Bonchev–Trinajstić information content (AvgIpc) is 2.45. The standard InChI is InChI=1S/C14H16BrN3O/c15-12-7-8-13(11-5-2-1-4-10(11)12)17-9-3-6-14(16)18-19/h1-2,4-5,7-8,17,19H,3,6,9H2,(H2,16,18). The zero-order valence-electron chi connectivity index (χ0n) is 10.4. The van der Waals surface area contributed by atoms with Crippen molar-refractivity contribution < 1.29 is 5.21 Å². The van der Waals surface area contributed by atoms with Crippen molar-refractivity contribution in [2.24, 2.45) is 10.9 Å². The molecule has 0 saturated carbocycles. The van der Waals surface area contributed by atoms with Gasteiger partial charge in [-0.05, 0) is 23.9 Å². The van der Waals surface area contributed by atoms with Crippen LogP contribution in [0, 0.1) is 0 Å². The number of nitrogens with zero attached hydrogens (tertiary/aromatic N) is 1. The molecule has 0 fully saturated rings. The monoisotopic (exact) mass is 321 g/mol. The van der Waals surface area contributed by atoms with Gasteiger partial charge >= 0.3 is 0 Å². The lowest BCUT2D eigenvalue weighted by Crippen LogP contribution is -2.13. The summed E-state index contributed by atoms with van der Waals surface area (Å²) in [6.45, 7) is 0.780. The van der Waals surface area contributed by atoms with Crippen LogP contribution in [-0.4, -0.2) is 17.6 Å². The van der Waals surface area contributed by atoms with E-state index >= 15 is 0 Å². The highest BCUT2D eigenvalue weighted by Crippen LogP contribution is 2.29. The Morgan fingerprint density at radius 2 is 1.95 bits per heavy atom. The van der Waals surface area contributed by atoms with E-state index in [1.807, 2.05) is 18.2 Å². The van der Waals surface area contributed by atoms with Gasteiger partial charge < -0.3 is 16.3 Å². The van der Waals surface area contributed by atoms with Crippen LogP contribution < -0.4 is 11.1 Å². The lowest BCUT2D eigenvalue weighted by atomic mass is 10.1. The van der Waals surface area contributed by atoms with E-state index in [-0.39, 0.29) is 5.84 Å². The zero-order valence-corrected chi connectivity index (χ0v) is 12.0. The first kappa shape index (κ1) is 13.7. The van der Waals surface area contributed by atoms with E-state index in [0.717, 1.165) is 23.1 Å². The van der Waals surface area contributed by atoms with E-state index < -0.39 is 0 Å². The van der Waals surface area contributed by atoms with Crippen LogP contribution >= 0.6 is 15.9 Å². The molecule has 0 aliphatic heterocycles. The Labute approximate surface area is 120 Å². The van der Waals surface area contributed by atoms with Crippen molar-refractivity contribution >= 4 is 38.2 Å². The van der Waals surface area contributed by atoms with E-state index in [0.29, 0.717) is 6.42 Å². The van der Waals surface area contributed by atoms with Crippen LogP contribution in [0.3, 0.4) is 0 Å². The van der Waals surface area contributed by atoms with Crippen LogP contribution in [-0.2, 0) is 0 Å². The van der Waals surface area contributed by atoms with Crippen molar-refractivity contribution in [3.8, 4) is 0 Å². The molecule has 100 valence electrons. The summed E-state index contributed by atoms with van der Waals surface area (Å²) in [5, 5.41) is 17.2. The number of nitrogens with one attached hydrogen (secondary N) is 1. The summed E-state index contributed by atoms with van der Waals surface area (Å²) in [4.78, 5) is 0. The second-order valence-electron chi connectivity index (χ2n) is 4.26. The van der Waals surface area contributed by atoms with E-state index in [1.165, 1.54) is 10.8 Å². The van der Waals surface area contributed by atoms with Gasteiger partial charge in [-0.3, -0.25) is 0 Å². The maximum Gasteiger partial charge on any atom is 0.139 e. The normalized spacial score (nSPS) is 11.7. The second kappa shape index (κ2) is 6.43. The molecule has 0 radical (unpaired) electrons. The molecule has 0 amide bonds. The number of amidine groups is 1. The van der Waals surface area contributed by atoms with Crippen LogP contribution in [0.5, 0.6) is 0 Å². The smallest absolute Gasteiger partial charge is 0.139 e. The van der Waals surface area contributed by atoms with Crippen LogP contribution in [0.2, 0.25) is 0 Å². The van der Waals surface area contributed by atoms with Gasteiger partial charge in [-0.25, -0.2) is 0 Å². The van der Waals surface area contributed by atoms with Gasteiger partial charge in [0.2, 0.25) is 0 Å². The van der Waals surface area contributed by atoms with Gasteiger partial charge in [0.25, 0.3) is 0 Å². The predicted molar refractivity (Wildman–Crippen MR) is 82.8 cm³/mol. The molecule has 2 aromatic rings. The Balaban J connectivity index is 2.07. The molecule has 0 bridgehead atoms. The van der Waals surface area contributed by atoms with Gasteiger partial charge in [0.05, 0.1) is 0 Å². The van der Waals surface area contributed by atoms with Crippen LogP contribution in [0.4, 0.5) is 5.69 Å². The molecule has 0 aliphatic rings. The molecule has 0 saturated heterocycles. The second-order valence-corrected chi connectivity index (χ2v) is 5.12. The van der Waals surface area contributed by atoms with Crippen LogP contribution in [0.15, 0.2) is 46.0 Å². The quantitative estimate of drug-likeness (QED) is 0.259. The fourth-order valence-corrected chi connectivity index (χ4v) is 2.44. The van der Waals surface area contributed by atoms with Crippen molar-refractivity contribution in [3.05, 3.63) is 40.9 Å². The highest BCUT2D eigenvalue weighted by atomic mass is 79.9. The lowest BCUT2D eigenvalue weighted by molar-refractivity contribution is 0.316. The summed E-state index contributed by atoms with van der Waals surface area (Å²) in [6, 6.07) is 12.3. The largest absolute Gasteiger partial charge is 0.409 e. The number of hydrogen-bond donors (Lipinski definition) is 3. The van der Waals surface area contributed by atoms with E-state index in [1.54, 1.807) is 0 Å². The first-order valence-corrected chi connectivity index (χ1v) is 6.89. The zero-order chi connectivity index (χ0) is 13.7. The van der Waals surface area contributed by atoms with Gasteiger partial charge in [-0.2, -0.15) is 0 Å². The van der Waals surface area contributed by atoms with Gasteiger partial charge in [0.1, 0.15) is 5.84 Å². The van der Waals surface area contributed by atoms with Crippen molar-refractivity contribution in [1.82, 2.24) is 0 Å². The summed E-state index contributed by atoms with van der Waals surface area (Å²) < 4.78 is 1.09. The highest BCUT2D eigenvalue weighted by Gasteiger charge is 2.03. The molecule has 4 nitrogen and oxygen atoms in total. The maximum atomic E-state index is 8.46. The van der Waals surface area contributed by atoms with E-state index in [4.69, 9.17) is 10.9 Å². The van der Waals surface area contributed by atoms with E-state index in [2.05, 4.69) is 44.6 Å².